The van der Waals surface area contributed by atoms with Crippen LogP contribution in [0.5, 0.6) is 11.5 Å². The molecule has 1 aliphatic heterocycles. The molecule has 1 fully saturated rings. The molecule has 276 valence electrons. The molecule has 1 aliphatic rings. The van der Waals surface area contributed by atoms with Crippen molar-refractivity contribution in [2.45, 2.75) is 48.0 Å². The fraction of sp³-hybridized carbons (Fsp3) is 0.244. The van der Waals surface area contributed by atoms with E-state index < -0.39 is 35.7 Å². The number of thioether (sulfide) groups is 1. The van der Waals surface area contributed by atoms with Crippen LogP contribution in [0.25, 0.3) is 5.82 Å². The van der Waals surface area contributed by atoms with Crippen LogP contribution in [0.15, 0.2) is 138 Å². The van der Waals surface area contributed by atoms with Gasteiger partial charge in [-0.05, 0) is 53.1 Å². The van der Waals surface area contributed by atoms with Crippen molar-refractivity contribution >= 4 is 17.7 Å². The standard InChI is InChI=1S/C41H39N5O7S/c1-28(47)52-36-22-38(45-23-29(25-54-35-12-8-5-9-13-35)39(44-40(45)48)46-27-42-26-43-46)53-37(36)24-51-41(30-10-6-4-7-11-30,31-14-18-33(49-2)19-15-31)32-16-20-34(50-3)21-17-32/h4-21,23,26-27,36-38H,22,24-25H2,1-3H3/t36-,37+,38+/m0/s1. The summed E-state index contributed by atoms with van der Waals surface area (Å²) in [5.74, 6) is 1.78. The average Bonchev–Trinajstić information content (AvgIpc) is 3.89. The summed E-state index contributed by atoms with van der Waals surface area (Å²) >= 11 is 1.60. The van der Waals surface area contributed by atoms with Crippen molar-refractivity contribution in [3.63, 3.8) is 0 Å². The third kappa shape index (κ3) is 7.79. The second-order valence-electron chi connectivity index (χ2n) is 12.5. The molecule has 4 aromatic carbocycles. The number of methoxy groups -OCH3 is 2. The zero-order chi connectivity index (χ0) is 37.5. The first-order valence-electron chi connectivity index (χ1n) is 17.3. The van der Waals surface area contributed by atoms with Crippen LogP contribution in [0.4, 0.5) is 0 Å². The summed E-state index contributed by atoms with van der Waals surface area (Å²) in [5, 5.41) is 4.24. The molecule has 7 rings (SSSR count). The van der Waals surface area contributed by atoms with E-state index in [1.807, 2.05) is 109 Å². The molecule has 3 atom stereocenters. The minimum absolute atomic E-state index is 0.00264. The van der Waals surface area contributed by atoms with Crippen LogP contribution >= 0.6 is 11.8 Å². The Balaban J connectivity index is 1.25. The number of aromatic nitrogens is 5. The molecular formula is C41H39N5O7S. The highest BCUT2D eigenvalue weighted by molar-refractivity contribution is 7.98. The molecule has 0 saturated carbocycles. The van der Waals surface area contributed by atoms with Crippen molar-refractivity contribution in [1.82, 2.24) is 24.3 Å². The quantitative estimate of drug-likeness (QED) is 0.0702. The van der Waals surface area contributed by atoms with Gasteiger partial charge < -0.3 is 23.7 Å². The molecule has 0 amide bonds. The molecule has 0 N–H and O–H groups in total. The first-order valence-corrected chi connectivity index (χ1v) is 18.3. The smallest absolute Gasteiger partial charge is 0.351 e. The van der Waals surface area contributed by atoms with Gasteiger partial charge in [0.25, 0.3) is 0 Å². The Bertz CT molecular complexity index is 2150. The Morgan fingerprint density at radius 2 is 1.48 bits per heavy atom. The highest BCUT2D eigenvalue weighted by Crippen LogP contribution is 2.43. The number of hydrogen-bond donors (Lipinski definition) is 0. The predicted octanol–water partition coefficient (Wildman–Crippen LogP) is 6.36. The second kappa shape index (κ2) is 16.5. The minimum Gasteiger partial charge on any atom is -0.497 e. The van der Waals surface area contributed by atoms with Crippen molar-refractivity contribution in [3.05, 3.63) is 161 Å². The highest BCUT2D eigenvalue weighted by Gasteiger charge is 2.44. The summed E-state index contributed by atoms with van der Waals surface area (Å²) in [6, 6.07) is 35.2. The van der Waals surface area contributed by atoms with Crippen molar-refractivity contribution in [2.24, 2.45) is 0 Å². The molecule has 12 nitrogen and oxygen atoms in total. The number of carbonyl (C=O) groups is 1. The largest absolute Gasteiger partial charge is 0.497 e. The van der Waals surface area contributed by atoms with Crippen molar-refractivity contribution in [1.29, 1.82) is 0 Å². The van der Waals surface area contributed by atoms with Crippen molar-refractivity contribution in [2.75, 3.05) is 20.8 Å². The summed E-state index contributed by atoms with van der Waals surface area (Å²) in [4.78, 5) is 35.7. The minimum atomic E-state index is -1.14. The molecule has 1 saturated heterocycles. The molecule has 0 aliphatic carbocycles. The maximum absolute atomic E-state index is 13.7. The average molecular weight is 746 g/mol. The van der Waals surface area contributed by atoms with E-state index in [4.69, 9.17) is 23.7 Å². The molecule has 6 aromatic rings. The monoisotopic (exact) mass is 745 g/mol. The summed E-state index contributed by atoms with van der Waals surface area (Å²) in [5.41, 5.74) is 1.59. The summed E-state index contributed by atoms with van der Waals surface area (Å²) in [6.45, 7) is 1.35. The summed E-state index contributed by atoms with van der Waals surface area (Å²) in [6.07, 6.45) is 2.56. The van der Waals surface area contributed by atoms with E-state index in [1.54, 1.807) is 32.2 Å². The lowest BCUT2D eigenvalue weighted by molar-refractivity contribution is -0.153. The fourth-order valence-corrected chi connectivity index (χ4v) is 7.52. The van der Waals surface area contributed by atoms with Crippen LogP contribution < -0.4 is 15.2 Å². The van der Waals surface area contributed by atoms with Gasteiger partial charge in [-0.25, -0.2) is 14.5 Å². The highest BCUT2D eigenvalue weighted by atomic mass is 32.2. The number of benzene rings is 4. The Labute approximate surface area is 316 Å². The molecule has 0 radical (unpaired) electrons. The van der Waals surface area contributed by atoms with Gasteiger partial charge in [0, 0.05) is 35.8 Å². The molecule has 13 heteroatoms. The van der Waals surface area contributed by atoms with Gasteiger partial charge in [-0.15, -0.1) is 11.8 Å². The molecule has 0 spiro atoms. The SMILES string of the molecule is COc1ccc(C(OC[C@H]2O[C@@H](n3cc(CSc4ccccc4)c(-n4cncn4)nc3=O)C[C@@H]2OC(C)=O)(c2ccccc2)c2ccc(OC)cc2)cc1. The zero-order valence-electron chi connectivity index (χ0n) is 30.0. The predicted molar refractivity (Wildman–Crippen MR) is 202 cm³/mol. The second-order valence-corrected chi connectivity index (χ2v) is 13.6. The Morgan fingerprint density at radius 3 is 2.06 bits per heavy atom. The lowest BCUT2D eigenvalue weighted by Gasteiger charge is -2.37. The van der Waals surface area contributed by atoms with E-state index >= 15 is 0 Å². The lowest BCUT2D eigenvalue weighted by atomic mass is 9.80. The van der Waals surface area contributed by atoms with Gasteiger partial charge in [-0.2, -0.15) is 10.1 Å². The van der Waals surface area contributed by atoms with Crippen LogP contribution in [-0.4, -0.2) is 63.3 Å². The van der Waals surface area contributed by atoms with E-state index in [-0.39, 0.29) is 13.0 Å². The first kappa shape index (κ1) is 36.6. The van der Waals surface area contributed by atoms with E-state index in [9.17, 15) is 9.59 Å². The Hall–Kier alpha value is -5.76. The van der Waals surface area contributed by atoms with Gasteiger partial charge in [-0.1, -0.05) is 72.8 Å². The molecule has 54 heavy (non-hydrogen) atoms. The topological polar surface area (TPSA) is 129 Å². The molecule has 0 unspecified atom stereocenters. The van der Waals surface area contributed by atoms with Crippen LogP contribution in [0.1, 0.15) is 41.8 Å². The van der Waals surface area contributed by atoms with E-state index in [0.717, 1.165) is 27.1 Å². The van der Waals surface area contributed by atoms with Crippen molar-refractivity contribution in [3.8, 4) is 17.3 Å². The molecule has 0 bridgehead atoms. The van der Waals surface area contributed by atoms with Gasteiger partial charge in [0.1, 0.15) is 48.2 Å². The van der Waals surface area contributed by atoms with Crippen LogP contribution in [0, 0.1) is 0 Å². The van der Waals surface area contributed by atoms with Gasteiger partial charge in [0.05, 0.1) is 20.8 Å². The first-order chi connectivity index (χ1) is 26.4. The van der Waals surface area contributed by atoms with E-state index in [2.05, 4.69) is 15.1 Å². The van der Waals surface area contributed by atoms with Crippen molar-refractivity contribution < 1.29 is 28.5 Å². The summed E-state index contributed by atoms with van der Waals surface area (Å²) in [7, 11) is 3.24. The number of nitrogens with zero attached hydrogens (tertiary/aromatic N) is 5. The normalized spacial score (nSPS) is 16.9. The Morgan fingerprint density at radius 1 is 0.870 bits per heavy atom. The van der Waals surface area contributed by atoms with Crippen LogP contribution in [-0.2, 0) is 30.4 Å². The number of ether oxygens (including phenoxy) is 5. The molecule has 2 aromatic heterocycles. The summed E-state index contributed by atoms with van der Waals surface area (Å²) < 4.78 is 33.4. The Kier molecular flexibility index (Phi) is 11.2. The van der Waals surface area contributed by atoms with E-state index in [0.29, 0.717) is 23.1 Å². The third-order valence-corrected chi connectivity index (χ3v) is 10.3. The van der Waals surface area contributed by atoms with Gasteiger partial charge >= 0.3 is 11.7 Å². The number of carbonyl (C=O) groups excluding carboxylic acids is 1. The maximum atomic E-state index is 13.7. The number of rotatable bonds is 14. The van der Waals surface area contributed by atoms with Gasteiger partial charge in [-0.3, -0.25) is 9.36 Å². The molecular weight excluding hydrogens is 707 g/mol. The zero-order valence-corrected chi connectivity index (χ0v) is 30.8. The number of hydrogen-bond acceptors (Lipinski definition) is 11. The van der Waals surface area contributed by atoms with Gasteiger partial charge in [0.2, 0.25) is 0 Å². The van der Waals surface area contributed by atoms with Crippen LogP contribution in [0.3, 0.4) is 0 Å². The molecule has 3 heterocycles. The van der Waals surface area contributed by atoms with Crippen LogP contribution in [0.2, 0.25) is 0 Å². The fourth-order valence-electron chi connectivity index (χ4n) is 6.64. The lowest BCUT2D eigenvalue weighted by Crippen LogP contribution is -2.39. The maximum Gasteiger partial charge on any atom is 0.351 e. The number of esters is 1. The van der Waals surface area contributed by atoms with Gasteiger partial charge in [0.15, 0.2) is 5.82 Å². The third-order valence-electron chi connectivity index (χ3n) is 9.22. The van der Waals surface area contributed by atoms with E-state index in [1.165, 1.54) is 28.8 Å².